The van der Waals surface area contributed by atoms with Gasteiger partial charge >= 0.3 is 0 Å². The molecule has 0 bridgehead atoms. The molecule has 0 amide bonds. The lowest BCUT2D eigenvalue weighted by molar-refractivity contribution is 0.590. The first-order chi connectivity index (χ1) is 29.3. The largest absolute Gasteiger partial charge is 0.335 e. The molecule has 1 atom stereocenters. The van der Waals surface area contributed by atoms with E-state index in [-0.39, 0.29) is 34.4 Å². The predicted octanol–water partition coefficient (Wildman–Crippen LogP) is 14.1. The molecule has 6 aromatic rings. The molecule has 0 radical (unpaired) electrons. The highest BCUT2D eigenvalue weighted by Gasteiger charge is 2.49. The van der Waals surface area contributed by atoms with Gasteiger partial charge < -0.3 is 14.7 Å². The number of para-hydroxylation sites is 2. The van der Waals surface area contributed by atoms with Crippen molar-refractivity contribution in [1.82, 2.24) is 0 Å². The van der Waals surface area contributed by atoms with E-state index in [1.807, 2.05) is 0 Å². The lowest BCUT2D eigenvalue weighted by atomic mass is 9.31. The number of fused-ring (bicyclic) bond motifs is 4. The Balaban J connectivity index is 1.40. The maximum absolute atomic E-state index is 2.70. The summed E-state index contributed by atoms with van der Waals surface area (Å²) in [5.74, 6) is 0. The van der Waals surface area contributed by atoms with Gasteiger partial charge in [-0.05, 0) is 127 Å². The van der Waals surface area contributed by atoms with E-state index in [9.17, 15) is 0 Å². The molecule has 9 rings (SSSR count). The average molecular weight is 814 g/mol. The Morgan fingerprint density at radius 1 is 0.468 bits per heavy atom. The van der Waals surface area contributed by atoms with Gasteiger partial charge in [0.15, 0.2) is 0 Å². The number of anilines is 6. The van der Waals surface area contributed by atoms with Crippen LogP contribution in [0.15, 0.2) is 169 Å². The fourth-order valence-electron chi connectivity index (χ4n) is 9.89. The molecule has 0 aromatic heterocycles. The number of allylic oxidation sites excluding steroid dienone is 1. The van der Waals surface area contributed by atoms with E-state index in [0.29, 0.717) is 0 Å². The van der Waals surface area contributed by atoms with Crippen molar-refractivity contribution in [3.05, 3.63) is 191 Å². The van der Waals surface area contributed by atoms with E-state index in [1.165, 1.54) is 72.8 Å². The van der Waals surface area contributed by atoms with E-state index in [4.69, 9.17) is 0 Å². The maximum Gasteiger partial charge on any atom is 0.247 e. The lowest BCUT2D eigenvalue weighted by Crippen LogP contribution is -2.62. The lowest BCUT2D eigenvalue weighted by Gasteiger charge is -2.51. The third-order valence-electron chi connectivity index (χ3n) is 13.5. The summed E-state index contributed by atoms with van der Waals surface area (Å²) in [6.07, 6.45) is 3.36. The summed E-state index contributed by atoms with van der Waals surface area (Å²) in [5.41, 5.74) is 19.5. The molecule has 1 unspecified atom stereocenters. The van der Waals surface area contributed by atoms with Gasteiger partial charge in [0.05, 0.1) is 6.04 Å². The molecule has 2 aliphatic heterocycles. The van der Waals surface area contributed by atoms with Crippen molar-refractivity contribution in [2.45, 2.75) is 117 Å². The van der Waals surface area contributed by atoms with Crippen LogP contribution >= 0.6 is 0 Å². The SMILES string of the molecule is CC(C)(C)c1ccc(N2C3=C4B(c5cc(C(C)(C)C)ccc52)c2cc(C(C)(C)C)ccc2N(c2ccc(C(C)(C)C)cc2)C4CC(N(c2ccccc2)c2ccccc2)=C3)cc1. The van der Waals surface area contributed by atoms with Gasteiger partial charge in [0.25, 0.3) is 0 Å². The predicted molar refractivity (Wildman–Crippen MR) is 268 cm³/mol. The molecule has 0 spiro atoms. The number of hydrogen-bond donors (Lipinski definition) is 0. The molecule has 4 heteroatoms. The normalized spacial score (nSPS) is 16.4. The molecule has 3 aliphatic rings. The molecule has 2 heterocycles. The Hall–Kier alpha value is -5.74. The van der Waals surface area contributed by atoms with Crippen LogP contribution in [0.3, 0.4) is 0 Å². The Kier molecular flexibility index (Phi) is 10.0. The van der Waals surface area contributed by atoms with Crippen LogP contribution in [0.2, 0.25) is 0 Å². The number of rotatable bonds is 5. The molecular weight excluding hydrogens is 749 g/mol. The monoisotopic (exact) mass is 814 g/mol. The number of hydrogen-bond acceptors (Lipinski definition) is 3. The van der Waals surface area contributed by atoms with Crippen molar-refractivity contribution in [3.63, 3.8) is 0 Å². The zero-order chi connectivity index (χ0) is 43.9. The van der Waals surface area contributed by atoms with Crippen LogP contribution in [0.1, 0.15) is 112 Å². The standard InChI is InChI=1S/C58H64BN3/c1-55(2,3)39-23-29-45(30-24-39)61-50-33-27-41(57(7,8)9)35-48(50)59-49-36-42(58(10,11)12)28-34-51(49)62(46-31-25-40(26-32-46)56(4,5)6)53-38-47(37-52(61)54(53)59)60(43-19-15-13-16-20-43)44-21-17-14-18-22-44/h13-37,53H,38H2,1-12H3. The highest BCUT2D eigenvalue weighted by Crippen LogP contribution is 2.50. The number of benzene rings is 6. The van der Waals surface area contributed by atoms with E-state index in [0.717, 1.165) is 17.8 Å². The van der Waals surface area contributed by atoms with Crippen molar-refractivity contribution >= 4 is 51.8 Å². The van der Waals surface area contributed by atoms with Gasteiger partial charge in [-0.3, -0.25) is 0 Å². The molecule has 0 saturated heterocycles. The summed E-state index contributed by atoms with van der Waals surface area (Å²) in [7, 11) is 0. The quantitative estimate of drug-likeness (QED) is 0.161. The van der Waals surface area contributed by atoms with Gasteiger partial charge in [0, 0.05) is 51.9 Å². The molecule has 0 saturated carbocycles. The van der Waals surface area contributed by atoms with Gasteiger partial charge in [-0.2, -0.15) is 0 Å². The molecule has 3 nitrogen and oxygen atoms in total. The molecule has 0 fully saturated rings. The van der Waals surface area contributed by atoms with Crippen molar-refractivity contribution in [3.8, 4) is 0 Å². The Labute approximate surface area is 372 Å². The zero-order valence-corrected chi connectivity index (χ0v) is 39.1. The van der Waals surface area contributed by atoms with E-state index < -0.39 is 0 Å². The van der Waals surface area contributed by atoms with Crippen LogP contribution in [0, 0.1) is 0 Å². The van der Waals surface area contributed by atoms with Crippen LogP contribution in [-0.4, -0.2) is 12.8 Å². The second-order valence-corrected chi connectivity index (χ2v) is 22.0. The minimum absolute atomic E-state index is 0.0145. The van der Waals surface area contributed by atoms with Crippen molar-refractivity contribution < 1.29 is 0 Å². The third-order valence-corrected chi connectivity index (χ3v) is 13.5. The topological polar surface area (TPSA) is 9.72 Å². The minimum atomic E-state index is -0.0145. The summed E-state index contributed by atoms with van der Waals surface area (Å²) < 4.78 is 0. The van der Waals surface area contributed by atoms with Gasteiger partial charge in [0.2, 0.25) is 6.71 Å². The minimum Gasteiger partial charge on any atom is -0.335 e. The van der Waals surface area contributed by atoms with E-state index in [2.05, 4.69) is 249 Å². The van der Waals surface area contributed by atoms with Crippen LogP contribution in [0.5, 0.6) is 0 Å². The smallest absolute Gasteiger partial charge is 0.247 e. The maximum atomic E-state index is 2.70. The summed E-state index contributed by atoms with van der Waals surface area (Å²) in [4.78, 5) is 7.79. The first-order valence-electron chi connectivity index (χ1n) is 22.7. The molecular formula is C58H64BN3. The average Bonchev–Trinajstić information content (AvgIpc) is 3.23. The second kappa shape index (κ2) is 15.0. The summed E-state index contributed by atoms with van der Waals surface area (Å²) in [6.45, 7) is 28.0. The molecule has 0 N–H and O–H groups in total. The van der Waals surface area contributed by atoms with Crippen molar-refractivity contribution in [2.75, 3.05) is 14.7 Å². The van der Waals surface area contributed by atoms with E-state index in [1.54, 1.807) is 0 Å². The highest BCUT2D eigenvalue weighted by atomic mass is 15.2. The fourth-order valence-corrected chi connectivity index (χ4v) is 9.89. The van der Waals surface area contributed by atoms with Crippen LogP contribution in [0.25, 0.3) is 0 Å². The zero-order valence-electron chi connectivity index (χ0n) is 39.1. The first-order valence-corrected chi connectivity index (χ1v) is 22.7. The first kappa shape index (κ1) is 41.6. The van der Waals surface area contributed by atoms with Crippen LogP contribution < -0.4 is 25.6 Å². The van der Waals surface area contributed by atoms with Crippen LogP contribution in [-0.2, 0) is 21.7 Å². The molecule has 1 aliphatic carbocycles. The second-order valence-electron chi connectivity index (χ2n) is 22.0. The van der Waals surface area contributed by atoms with Gasteiger partial charge in [-0.25, -0.2) is 0 Å². The van der Waals surface area contributed by atoms with Crippen molar-refractivity contribution in [1.29, 1.82) is 0 Å². The van der Waals surface area contributed by atoms with Gasteiger partial charge in [-0.1, -0.05) is 168 Å². The molecule has 6 aromatic carbocycles. The van der Waals surface area contributed by atoms with Crippen LogP contribution in [0.4, 0.5) is 34.1 Å². The van der Waals surface area contributed by atoms with Gasteiger partial charge in [-0.15, -0.1) is 0 Å². The van der Waals surface area contributed by atoms with Crippen molar-refractivity contribution in [2.24, 2.45) is 0 Å². The molecule has 314 valence electrons. The molecule has 62 heavy (non-hydrogen) atoms. The summed E-state index contributed by atoms with van der Waals surface area (Å²) in [6, 6.07) is 55.5. The summed E-state index contributed by atoms with van der Waals surface area (Å²) in [5, 5.41) is 0. The highest BCUT2D eigenvalue weighted by molar-refractivity contribution is 6.94. The fraction of sp³-hybridized carbons (Fsp3) is 0.310. The van der Waals surface area contributed by atoms with E-state index >= 15 is 0 Å². The Morgan fingerprint density at radius 2 is 0.887 bits per heavy atom. The Bertz CT molecular complexity index is 2640. The number of nitrogens with zero attached hydrogens (tertiary/aromatic N) is 3. The third kappa shape index (κ3) is 7.40. The summed E-state index contributed by atoms with van der Waals surface area (Å²) >= 11 is 0. The Morgan fingerprint density at radius 3 is 1.35 bits per heavy atom. The van der Waals surface area contributed by atoms with Gasteiger partial charge in [0.1, 0.15) is 0 Å².